The molecule has 5 heteroatoms. The van der Waals surface area contributed by atoms with Crippen LogP contribution in [-0.4, -0.2) is 22.2 Å². The summed E-state index contributed by atoms with van der Waals surface area (Å²) < 4.78 is 0. The highest BCUT2D eigenvalue weighted by Crippen LogP contribution is 2.24. The molecule has 1 aromatic carbocycles. The molecule has 0 aliphatic carbocycles. The predicted octanol–water partition coefficient (Wildman–Crippen LogP) is 2.56. The SMILES string of the molecule is CCCC(C)(O)CNc1ccccc1[N+](=O)[O-]. The Hall–Kier alpha value is -1.62. The number of anilines is 1. The predicted molar refractivity (Wildman–Crippen MR) is 67.1 cm³/mol. The van der Waals surface area contributed by atoms with Gasteiger partial charge in [0.2, 0.25) is 0 Å². The lowest BCUT2D eigenvalue weighted by Crippen LogP contribution is -2.33. The summed E-state index contributed by atoms with van der Waals surface area (Å²) >= 11 is 0. The van der Waals surface area contributed by atoms with Gasteiger partial charge in [0.05, 0.1) is 10.5 Å². The number of benzene rings is 1. The van der Waals surface area contributed by atoms with Crippen molar-refractivity contribution in [2.75, 3.05) is 11.9 Å². The second kappa shape index (κ2) is 5.63. The maximum Gasteiger partial charge on any atom is 0.292 e. The van der Waals surface area contributed by atoms with Crippen molar-refractivity contribution >= 4 is 11.4 Å². The molecule has 94 valence electrons. The van der Waals surface area contributed by atoms with E-state index in [9.17, 15) is 15.2 Å². The number of para-hydroxylation sites is 2. The van der Waals surface area contributed by atoms with Crippen LogP contribution in [0.15, 0.2) is 24.3 Å². The van der Waals surface area contributed by atoms with Crippen LogP contribution in [0.4, 0.5) is 11.4 Å². The summed E-state index contributed by atoms with van der Waals surface area (Å²) in [4.78, 5) is 10.3. The number of aliphatic hydroxyl groups is 1. The molecular formula is C12H18N2O3. The van der Waals surface area contributed by atoms with Crippen molar-refractivity contribution in [3.8, 4) is 0 Å². The maximum absolute atomic E-state index is 10.8. The van der Waals surface area contributed by atoms with E-state index in [1.807, 2.05) is 6.92 Å². The van der Waals surface area contributed by atoms with Gasteiger partial charge < -0.3 is 10.4 Å². The van der Waals surface area contributed by atoms with Crippen LogP contribution in [0.2, 0.25) is 0 Å². The zero-order valence-electron chi connectivity index (χ0n) is 10.1. The molecule has 0 saturated carbocycles. The Labute approximate surface area is 101 Å². The second-order valence-electron chi connectivity index (χ2n) is 4.37. The Bertz CT molecular complexity index is 391. The van der Waals surface area contributed by atoms with Gasteiger partial charge in [0.25, 0.3) is 5.69 Å². The van der Waals surface area contributed by atoms with E-state index in [1.54, 1.807) is 25.1 Å². The van der Waals surface area contributed by atoms with Crippen molar-refractivity contribution < 1.29 is 10.0 Å². The van der Waals surface area contributed by atoms with E-state index in [-0.39, 0.29) is 5.69 Å². The van der Waals surface area contributed by atoms with Gasteiger partial charge >= 0.3 is 0 Å². The van der Waals surface area contributed by atoms with E-state index < -0.39 is 10.5 Å². The zero-order valence-corrected chi connectivity index (χ0v) is 10.1. The lowest BCUT2D eigenvalue weighted by Gasteiger charge is -2.23. The summed E-state index contributed by atoms with van der Waals surface area (Å²) in [7, 11) is 0. The van der Waals surface area contributed by atoms with Gasteiger partial charge in [-0.05, 0) is 19.4 Å². The van der Waals surface area contributed by atoms with Gasteiger partial charge in [0.15, 0.2) is 0 Å². The largest absolute Gasteiger partial charge is 0.388 e. The lowest BCUT2D eigenvalue weighted by atomic mass is 10.0. The summed E-state index contributed by atoms with van der Waals surface area (Å²) in [6.45, 7) is 4.00. The molecule has 0 fully saturated rings. The molecule has 0 radical (unpaired) electrons. The first-order valence-electron chi connectivity index (χ1n) is 5.66. The summed E-state index contributed by atoms with van der Waals surface area (Å²) in [5, 5.41) is 23.7. The van der Waals surface area contributed by atoms with Crippen LogP contribution in [0.5, 0.6) is 0 Å². The van der Waals surface area contributed by atoms with Crippen LogP contribution in [0.25, 0.3) is 0 Å². The molecule has 1 atom stereocenters. The average Bonchev–Trinajstić information content (AvgIpc) is 2.27. The molecule has 0 bridgehead atoms. The molecule has 0 aromatic heterocycles. The number of nitrogens with zero attached hydrogens (tertiary/aromatic N) is 1. The Morgan fingerprint density at radius 1 is 1.47 bits per heavy atom. The smallest absolute Gasteiger partial charge is 0.292 e. The molecule has 17 heavy (non-hydrogen) atoms. The van der Waals surface area contributed by atoms with Crippen LogP contribution >= 0.6 is 0 Å². The van der Waals surface area contributed by atoms with Crippen LogP contribution in [-0.2, 0) is 0 Å². The van der Waals surface area contributed by atoms with Crippen LogP contribution in [0.3, 0.4) is 0 Å². The monoisotopic (exact) mass is 238 g/mol. The van der Waals surface area contributed by atoms with Crippen LogP contribution < -0.4 is 5.32 Å². The number of rotatable bonds is 6. The fourth-order valence-electron chi connectivity index (χ4n) is 1.69. The first-order valence-corrected chi connectivity index (χ1v) is 5.66. The first-order chi connectivity index (χ1) is 7.96. The minimum absolute atomic E-state index is 0.0276. The minimum atomic E-state index is -0.849. The highest BCUT2D eigenvalue weighted by molar-refractivity contribution is 5.61. The fraction of sp³-hybridized carbons (Fsp3) is 0.500. The molecule has 1 aromatic rings. The fourth-order valence-corrected chi connectivity index (χ4v) is 1.69. The Morgan fingerprint density at radius 2 is 2.12 bits per heavy atom. The molecule has 0 amide bonds. The van der Waals surface area contributed by atoms with Crippen molar-refractivity contribution in [3.63, 3.8) is 0 Å². The van der Waals surface area contributed by atoms with E-state index in [4.69, 9.17) is 0 Å². The van der Waals surface area contributed by atoms with Crippen molar-refractivity contribution in [1.82, 2.24) is 0 Å². The second-order valence-corrected chi connectivity index (χ2v) is 4.37. The van der Waals surface area contributed by atoms with Gasteiger partial charge in [-0.2, -0.15) is 0 Å². The third-order valence-electron chi connectivity index (χ3n) is 2.55. The average molecular weight is 238 g/mol. The summed E-state index contributed by atoms with van der Waals surface area (Å²) in [6.07, 6.45) is 1.52. The molecule has 0 heterocycles. The van der Waals surface area contributed by atoms with Crippen molar-refractivity contribution in [1.29, 1.82) is 0 Å². The number of nitro groups is 1. The number of hydrogen-bond donors (Lipinski definition) is 2. The quantitative estimate of drug-likeness (QED) is 0.590. The van der Waals surface area contributed by atoms with Gasteiger partial charge in [-0.25, -0.2) is 0 Å². The van der Waals surface area contributed by atoms with Gasteiger partial charge in [-0.15, -0.1) is 0 Å². The number of nitrogens with one attached hydrogen (secondary N) is 1. The maximum atomic E-state index is 10.8. The van der Waals surface area contributed by atoms with E-state index in [2.05, 4.69) is 5.32 Å². The Kier molecular flexibility index (Phi) is 4.45. The minimum Gasteiger partial charge on any atom is -0.388 e. The topological polar surface area (TPSA) is 75.4 Å². The van der Waals surface area contributed by atoms with Gasteiger partial charge in [0.1, 0.15) is 5.69 Å². The molecule has 5 nitrogen and oxygen atoms in total. The highest BCUT2D eigenvalue weighted by atomic mass is 16.6. The lowest BCUT2D eigenvalue weighted by molar-refractivity contribution is -0.384. The van der Waals surface area contributed by atoms with Gasteiger partial charge in [0, 0.05) is 12.6 Å². The first kappa shape index (κ1) is 13.4. The van der Waals surface area contributed by atoms with Crippen molar-refractivity contribution in [2.24, 2.45) is 0 Å². The van der Waals surface area contributed by atoms with Gasteiger partial charge in [-0.1, -0.05) is 25.5 Å². The molecule has 0 spiro atoms. The van der Waals surface area contributed by atoms with Crippen LogP contribution in [0, 0.1) is 10.1 Å². The standard InChI is InChI=1S/C12H18N2O3/c1-3-8-12(2,15)9-13-10-6-4-5-7-11(10)14(16)17/h4-7,13,15H,3,8-9H2,1-2H3. The van der Waals surface area contributed by atoms with E-state index in [0.717, 1.165) is 6.42 Å². The summed E-state index contributed by atoms with van der Waals surface area (Å²) in [6, 6.07) is 6.42. The van der Waals surface area contributed by atoms with Crippen molar-refractivity contribution in [2.45, 2.75) is 32.3 Å². The molecule has 1 unspecified atom stereocenters. The van der Waals surface area contributed by atoms with E-state index in [1.165, 1.54) is 6.07 Å². The molecule has 1 rings (SSSR count). The molecule has 0 aliphatic heterocycles. The van der Waals surface area contributed by atoms with E-state index in [0.29, 0.717) is 18.7 Å². The Balaban J connectivity index is 2.72. The Morgan fingerprint density at radius 3 is 2.71 bits per heavy atom. The molecular weight excluding hydrogens is 220 g/mol. The third-order valence-corrected chi connectivity index (χ3v) is 2.55. The van der Waals surface area contributed by atoms with Gasteiger partial charge in [-0.3, -0.25) is 10.1 Å². The van der Waals surface area contributed by atoms with Crippen LogP contribution in [0.1, 0.15) is 26.7 Å². The highest BCUT2D eigenvalue weighted by Gasteiger charge is 2.20. The zero-order chi connectivity index (χ0) is 12.9. The third kappa shape index (κ3) is 4.03. The van der Waals surface area contributed by atoms with E-state index >= 15 is 0 Å². The molecule has 2 N–H and O–H groups in total. The summed E-state index contributed by atoms with van der Waals surface area (Å²) in [5.41, 5.74) is -0.382. The van der Waals surface area contributed by atoms with Crippen molar-refractivity contribution in [3.05, 3.63) is 34.4 Å². The molecule has 0 saturated heterocycles. The number of nitro benzene ring substituents is 1. The normalized spacial score (nSPS) is 14.1. The molecule has 0 aliphatic rings. The summed E-state index contributed by atoms with van der Waals surface area (Å²) in [5.74, 6) is 0. The number of hydrogen-bond acceptors (Lipinski definition) is 4.